The summed E-state index contributed by atoms with van der Waals surface area (Å²) in [4.78, 5) is 4.62. The second-order valence-electron chi connectivity index (χ2n) is 4.50. The van der Waals surface area contributed by atoms with Gasteiger partial charge in [0.05, 0.1) is 22.7 Å². The van der Waals surface area contributed by atoms with Crippen LogP contribution in [-0.2, 0) is 0 Å². The highest BCUT2D eigenvalue weighted by molar-refractivity contribution is 5.92. The molecule has 1 unspecified atom stereocenters. The summed E-state index contributed by atoms with van der Waals surface area (Å²) in [5.74, 6) is 0. The second-order valence-corrected chi connectivity index (χ2v) is 4.50. The lowest BCUT2D eigenvalue weighted by Crippen LogP contribution is -2.40. The van der Waals surface area contributed by atoms with Crippen molar-refractivity contribution >= 4 is 22.7 Å². The van der Waals surface area contributed by atoms with Crippen molar-refractivity contribution in [2.75, 3.05) is 22.2 Å². The third-order valence-electron chi connectivity index (χ3n) is 3.58. The van der Waals surface area contributed by atoms with Crippen LogP contribution in [0, 0.1) is 0 Å². The smallest absolute Gasteiger partial charge is 0.183 e. The van der Waals surface area contributed by atoms with Crippen LogP contribution in [-0.4, -0.2) is 13.3 Å². The fourth-order valence-electron chi connectivity index (χ4n) is 2.77. The lowest BCUT2D eigenvalue weighted by molar-refractivity contribution is 0.777. The average Bonchev–Trinajstić information content (AvgIpc) is 2.88. The first-order chi connectivity index (χ1) is 8.36. The van der Waals surface area contributed by atoms with Gasteiger partial charge in [0.2, 0.25) is 0 Å². The van der Waals surface area contributed by atoms with Crippen LogP contribution in [0.4, 0.5) is 22.7 Å². The summed E-state index contributed by atoms with van der Waals surface area (Å²) in [6.45, 7) is 0. The van der Waals surface area contributed by atoms with E-state index in [1.165, 1.54) is 22.7 Å². The minimum absolute atomic E-state index is 0.213. The van der Waals surface area contributed by atoms with E-state index >= 15 is 0 Å². The van der Waals surface area contributed by atoms with Crippen molar-refractivity contribution in [3.8, 4) is 0 Å². The Morgan fingerprint density at radius 3 is 2.35 bits per heavy atom. The number of nitrogens with zero attached hydrogens (tertiary/aromatic N) is 2. The molecular formula is C14H13N3. The fourth-order valence-corrected chi connectivity index (χ4v) is 2.77. The Bertz CT molecular complexity index is 594. The van der Waals surface area contributed by atoms with Crippen molar-refractivity contribution in [3.63, 3.8) is 0 Å². The maximum atomic E-state index is 3.54. The molecule has 2 aromatic rings. The zero-order valence-corrected chi connectivity index (χ0v) is 9.59. The highest BCUT2D eigenvalue weighted by Crippen LogP contribution is 2.49. The predicted octanol–water partition coefficient (Wildman–Crippen LogP) is 2.98. The van der Waals surface area contributed by atoms with E-state index in [1.54, 1.807) is 0 Å². The lowest BCUT2D eigenvalue weighted by Gasteiger charge is -2.23. The number of benzene rings is 2. The maximum Gasteiger partial charge on any atom is 0.183 e. The molecule has 3 nitrogen and oxygen atoms in total. The Morgan fingerprint density at radius 1 is 0.882 bits per heavy atom. The molecule has 17 heavy (non-hydrogen) atoms. The molecule has 2 heterocycles. The van der Waals surface area contributed by atoms with Crippen LogP contribution < -0.4 is 15.1 Å². The number of hydrogen-bond donors (Lipinski definition) is 1. The highest BCUT2D eigenvalue weighted by Gasteiger charge is 2.39. The third kappa shape index (κ3) is 1.01. The fraction of sp³-hybridized carbons (Fsp3) is 0.143. The number of fused-ring (bicyclic) bond motifs is 5. The molecule has 2 aliphatic heterocycles. The van der Waals surface area contributed by atoms with Crippen molar-refractivity contribution < 1.29 is 0 Å². The molecule has 0 bridgehead atoms. The minimum Gasteiger partial charge on any atom is -0.346 e. The van der Waals surface area contributed by atoms with Crippen molar-refractivity contribution in [1.82, 2.24) is 0 Å². The van der Waals surface area contributed by atoms with Gasteiger partial charge in [-0.05, 0) is 24.3 Å². The van der Waals surface area contributed by atoms with Crippen molar-refractivity contribution in [2.45, 2.75) is 6.29 Å². The molecule has 2 aliphatic rings. The van der Waals surface area contributed by atoms with Gasteiger partial charge in [-0.2, -0.15) is 0 Å². The number of nitrogens with one attached hydrogen (secondary N) is 1. The van der Waals surface area contributed by atoms with Gasteiger partial charge in [0, 0.05) is 7.05 Å². The van der Waals surface area contributed by atoms with Gasteiger partial charge in [-0.15, -0.1) is 0 Å². The van der Waals surface area contributed by atoms with Gasteiger partial charge in [-0.25, -0.2) is 0 Å². The van der Waals surface area contributed by atoms with E-state index in [9.17, 15) is 0 Å². The van der Waals surface area contributed by atoms with Crippen LogP contribution in [0.3, 0.4) is 0 Å². The van der Waals surface area contributed by atoms with Crippen LogP contribution in [0.25, 0.3) is 0 Å². The Balaban J connectivity index is 1.95. The van der Waals surface area contributed by atoms with Crippen molar-refractivity contribution in [2.24, 2.45) is 0 Å². The zero-order valence-electron chi connectivity index (χ0n) is 9.59. The maximum absolute atomic E-state index is 3.54. The standard InChI is InChI=1S/C14H13N3/c1-16-12-8-4-5-9-13(12)17-11-7-3-2-6-10(11)15-14(16)17/h2-9,14-15H,1H3. The zero-order chi connectivity index (χ0) is 11.4. The van der Waals surface area contributed by atoms with Gasteiger partial charge < -0.3 is 10.2 Å². The van der Waals surface area contributed by atoms with Crippen molar-refractivity contribution in [1.29, 1.82) is 0 Å². The van der Waals surface area contributed by atoms with E-state index in [-0.39, 0.29) is 6.29 Å². The first-order valence-electron chi connectivity index (χ1n) is 5.83. The van der Waals surface area contributed by atoms with Gasteiger partial charge in [-0.1, -0.05) is 24.3 Å². The SMILES string of the molecule is CN1c2ccccc2N2c3ccccc3NC12. The summed E-state index contributed by atoms with van der Waals surface area (Å²) < 4.78 is 0. The van der Waals surface area contributed by atoms with E-state index < -0.39 is 0 Å². The Labute approximate surface area is 100 Å². The molecule has 0 amide bonds. The van der Waals surface area contributed by atoms with Crippen LogP contribution >= 0.6 is 0 Å². The number of hydrogen-bond acceptors (Lipinski definition) is 3. The van der Waals surface area contributed by atoms with E-state index in [0.29, 0.717) is 0 Å². The molecule has 0 fully saturated rings. The normalized spacial score (nSPS) is 19.7. The molecule has 4 rings (SSSR count). The Hall–Kier alpha value is -2.16. The molecule has 0 radical (unpaired) electrons. The Morgan fingerprint density at radius 2 is 1.53 bits per heavy atom. The third-order valence-corrected chi connectivity index (χ3v) is 3.58. The molecule has 0 aromatic heterocycles. The molecule has 1 atom stereocenters. The van der Waals surface area contributed by atoms with Gasteiger partial charge in [0.1, 0.15) is 0 Å². The Kier molecular flexibility index (Phi) is 1.55. The first kappa shape index (κ1) is 8.93. The molecular weight excluding hydrogens is 210 g/mol. The topological polar surface area (TPSA) is 18.5 Å². The molecule has 1 N–H and O–H groups in total. The van der Waals surface area contributed by atoms with Crippen LogP contribution in [0.15, 0.2) is 48.5 Å². The molecule has 0 spiro atoms. The van der Waals surface area contributed by atoms with Crippen LogP contribution in [0.1, 0.15) is 0 Å². The number of para-hydroxylation sites is 4. The molecule has 84 valence electrons. The van der Waals surface area contributed by atoms with Crippen LogP contribution in [0.2, 0.25) is 0 Å². The summed E-state index contributed by atoms with van der Waals surface area (Å²) in [6.07, 6.45) is 0.213. The minimum atomic E-state index is 0.213. The van der Waals surface area contributed by atoms with E-state index in [1.807, 2.05) is 0 Å². The molecule has 2 aromatic carbocycles. The largest absolute Gasteiger partial charge is 0.346 e. The molecule has 0 saturated carbocycles. The van der Waals surface area contributed by atoms with Gasteiger partial charge in [0.15, 0.2) is 6.29 Å². The first-order valence-corrected chi connectivity index (χ1v) is 5.83. The highest BCUT2D eigenvalue weighted by atomic mass is 15.5. The summed E-state index contributed by atoms with van der Waals surface area (Å²) >= 11 is 0. The van der Waals surface area contributed by atoms with Gasteiger partial charge >= 0.3 is 0 Å². The monoisotopic (exact) mass is 223 g/mol. The average molecular weight is 223 g/mol. The summed E-state index contributed by atoms with van der Waals surface area (Å²) in [7, 11) is 2.13. The molecule has 3 heteroatoms. The van der Waals surface area contributed by atoms with Crippen LogP contribution in [0.5, 0.6) is 0 Å². The quantitative estimate of drug-likeness (QED) is 0.740. The summed E-state index contributed by atoms with van der Waals surface area (Å²) in [5.41, 5.74) is 5.02. The lowest BCUT2D eigenvalue weighted by atomic mass is 10.2. The second kappa shape index (κ2) is 2.94. The van der Waals surface area contributed by atoms with Gasteiger partial charge in [-0.3, -0.25) is 4.90 Å². The van der Waals surface area contributed by atoms with Crippen molar-refractivity contribution in [3.05, 3.63) is 48.5 Å². The number of rotatable bonds is 0. The van der Waals surface area contributed by atoms with E-state index in [4.69, 9.17) is 0 Å². The predicted molar refractivity (Wildman–Crippen MR) is 70.8 cm³/mol. The molecule has 0 saturated heterocycles. The number of anilines is 4. The summed E-state index contributed by atoms with van der Waals surface area (Å²) in [6, 6.07) is 17.0. The van der Waals surface area contributed by atoms with Gasteiger partial charge in [0.25, 0.3) is 0 Å². The molecule has 0 aliphatic carbocycles. The van der Waals surface area contributed by atoms with E-state index in [0.717, 1.165) is 0 Å². The van der Waals surface area contributed by atoms with E-state index in [2.05, 4.69) is 70.7 Å². The summed E-state index contributed by atoms with van der Waals surface area (Å²) in [5, 5.41) is 3.54.